The molecular weight excluding hydrogens is 574 g/mol. The Kier molecular flexibility index (Phi) is 6.76. The monoisotopic (exact) mass is 598 g/mol. The number of aliphatic hydroxyl groups is 2. The second-order valence-corrected chi connectivity index (χ2v) is 13.0. The van der Waals surface area contributed by atoms with Crippen molar-refractivity contribution in [3.63, 3.8) is 0 Å². The van der Waals surface area contributed by atoms with Gasteiger partial charge in [0.25, 0.3) is 12.1 Å². The van der Waals surface area contributed by atoms with E-state index in [0.717, 1.165) is 6.33 Å². The molecule has 2 fully saturated rings. The normalized spacial score (nSPS) is 30.4. The third-order valence-corrected chi connectivity index (χ3v) is 9.85. The van der Waals surface area contributed by atoms with Gasteiger partial charge in [0.05, 0.1) is 32.0 Å². The molecule has 7 N–H and O–H groups in total. The summed E-state index contributed by atoms with van der Waals surface area (Å²) in [4.78, 5) is 34.8. The van der Waals surface area contributed by atoms with E-state index < -0.39 is 67.9 Å². The van der Waals surface area contributed by atoms with E-state index in [9.17, 15) is 19.6 Å². The molecule has 4 aromatic heterocycles. The average Bonchev–Trinajstić information content (AvgIpc) is 3.67. The van der Waals surface area contributed by atoms with Crippen molar-refractivity contribution in [2.45, 2.75) is 49.0 Å². The number of nitrogen functional groups attached to an aromatic ring is 2. The standard InChI is InChI=1S/C20H24FN10O7PS/c21-11-8(2-32)38-19(31-6-27-13-17(31)28-20(23)29-18(13)34)14(11)39(35,40)36-3-9-7(33)1-10(37-9)30-5-26-12-15(22)24-4-25-16(12)30/h4-11,14,19,32-33H,1-3H2,(H,35,40)(H2,22,24,25)(H3,23,28,29,34)/t7-,8+,9+,10+,11+,14+,19?,39+/m0/s1. The fourth-order valence-corrected chi connectivity index (χ4v) is 7.48. The van der Waals surface area contributed by atoms with Crippen molar-refractivity contribution in [1.82, 2.24) is 39.0 Å². The molecular formula is C20H24FN10O7PS. The van der Waals surface area contributed by atoms with Crippen molar-refractivity contribution in [2.24, 2.45) is 0 Å². The summed E-state index contributed by atoms with van der Waals surface area (Å²) in [6.45, 7) is -5.36. The van der Waals surface area contributed by atoms with Crippen molar-refractivity contribution in [3.8, 4) is 0 Å². The van der Waals surface area contributed by atoms with Crippen LogP contribution in [0.5, 0.6) is 0 Å². The van der Waals surface area contributed by atoms with Crippen molar-refractivity contribution < 1.29 is 33.2 Å². The molecule has 0 bridgehead atoms. The van der Waals surface area contributed by atoms with Crippen LogP contribution in [-0.4, -0.2) is 92.6 Å². The highest BCUT2D eigenvalue weighted by atomic mass is 32.7. The molecule has 8 atom stereocenters. The Morgan fingerprint density at radius 3 is 2.67 bits per heavy atom. The minimum Gasteiger partial charge on any atom is -0.394 e. The molecule has 214 valence electrons. The number of nitrogens with zero attached hydrogens (tertiary/aromatic N) is 7. The molecule has 0 radical (unpaired) electrons. The first kappa shape index (κ1) is 27.0. The van der Waals surface area contributed by atoms with E-state index >= 15 is 4.39 Å². The van der Waals surface area contributed by atoms with Crippen LogP contribution in [0.25, 0.3) is 22.3 Å². The smallest absolute Gasteiger partial charge is 0.280 e. The number of rotatable bonds is 7. The van der Waals surface area contributed by atoms with E-state index in [4.69, 9.17) is 25.5 Å². The Hall–Kier alpha value is -3.19. The Balaban J connectivity index is 1.23. The number of hydrogen-bond acceptors (Lipinski definition) is 14. The highest BCUT2D eigenvalue weighted by Gasteiger charge is 2.55. The second-order valence-electron chi connectivity index (χ2n) is 9.33. The zero-order valence-electron chi connectivity index (χ0n) is 20.4. The number of halogens is 1. The number of aliphatic hydroxyl groups excluding tert-OH is 2. The molecule has 2 saturated heterocycles. The lowest BCUT2D eigenvalue weighted by Crippen LogP contribution is -2.31. The predicted molar refractivity (Wildman–Crippen MR) is 139 cm³/mol. The number of imidazole rings is 2. The number of ether oxygens (including phenoxy) is 2. The summed E-state index contributed by atoms with van der Waals surface area (Å²) in [5, 5.41) is 20.3. The van der Waals surface area contributed by atoms with Crippen LogP contribution in [0, 0.1) is 0 Å². The first-order chi connectivity index (χ1) is 19.1. The quantitative estimate of drug-likeness (QED) is 0.116. The lowest BCUT2D eigenvalue weighted by molar-refractivity contribution is -0.0389. The highest BCUT2D eigenvalue weighted by molar-refractivity contribution is 8.46. The Morgan fingerprint density at radius 1 is 1.15 bits per heavy atom. The summed E-state index contributed by atoms with van der Waals surface area (Å²) in [7, 11) is 0. The van der Waals surface area contributed by atoms with E-state index in [-0.39, 0.29) is 29.4 Å². The van der Waals surface area contributed by atoms with Crippen LogP contribution in [0.15, 0.2) is 23.8 Å². The number of aromatic nitrogens is 8. The summed E-state index contributed by atoms with van der Waals surface area (Å²) >= 11 is 4.19. The number of nitrogens with two attached hydrogens (primary N) is 2. The van der Waals surface area contributed by atoms with Crippen LogP contribution >= 0.6 is 18.8 Å². The van der Waals surface area contributed by atoms with Crippen molar-refractivity contribution in [1.29, 1.82) is 0 Å². The van der Waals surface area contributed by atoms with E-state index in [1.807, 2.05) is 0 Å². The molecule has 0 aliphatic carbocycles. The lowest BCUT2D eigenvalue weighted by atomic mass is 10.2. The number of alkyl halides is 1. The van der Waals surface area contributed by atoms with Gasteiger partial charge >= 0.3 is 0 Å². The van der Waals surface area contributed by atoms with Crippen LogP contribution in [0.1, 0.15) is 18.9 Å². The van der Waals surface area contributed by atoms with E-state index in [1.165, 1.54) is 17.2 Å². The molecule has 0 aromatic carbocycles. The largest absolute Gasteiger partial charge is 0.394 e. The number of aromatic amines is 1. The van der Waals surface area contributed by atoms with E-state index in [1.54, 1.807) is 4.57 Å². The van der Waals surface area contributed by atoms with Crippen molar-refractivity contribution in [3.05, 3.63) is 29.3 Å². The summed E-state index contributed by atoms with van der Waals surface area (Å²) in [5.41, 5.74) is 9.89. The van der Waals surface area contributed by atoms with E-state index in [2.05, 4.69) is 42.2 Å². The van der Waals surface area contributed by atoms with Crippen LogP contribution in [0.4, 0.5) is 16.2 Å². The number of nitrogens with one attached hydrogen (secondary N) is 1. The minimum atomic E-state index is -4.21. The molecule has 6 heterocycles. The molecule has 0 amide bonds. The molecule has 6 rings (SSSR count). The maximum Gasteiger partial charge on any atom is 0.280 e. The molecule has 1 unspecified atom stereocenters. The Morgan fingerprint density at radius 2 is 1.90 bits per heavy atom. The van der Waals surface area contributed by atoms with Gasteiger partial charge in [-0.25, -0.2) is 24.3 Å². The van der Waals surface area contributed by atoms with E-state index in [0.29, 0.717) is 11.2 Å². The number of anilines is 2. The third-order valence-electron chi connectivity index (χ3n) is 6.89. The van der Waals surface area contributed by atoms with Gasteiger partial charge in [0.2, 0.25) is 5.95 Å². The minimum absolute atomic E-state index is 0.0511. The molecule has 2 aliphatic heterocycles. The maximum absolute atomic E-state index is 15.5. The fraction of sp³-hybridized carbons (Fsp3) is 0.500. The molecule has 40 heavy (non-hydrogen) atoms. The lowest BCUT2D eigenvalue weighted by Gasteiger charge is -2.27. The molecule has 0 spiro atoms. The number of hydrogen-bond donors (Lipinski definition) is 6. The van der Waals surface area contributed by atoms with Gasteiger partial charge < -0.3 is 35.7 Å². The number of thiol groups is 1. The maximum atomic E-state index is 15.5. The summed E-state index contributed by atoms with van der Waals surface area (Å²) in [5.74, 6) is -0.0435. The van der Waals surface area contributed by atoms with Gasteiger partial charge in [-0.2, -0.15) is 4.98 Å². The highest BCUT2D eigenvalue weighted by Crippen LogP contribution is 2.64. The van der Waals surface area contributed by atoms with Gasteiger partial charge in [-0.05, 0) is 0 Å². The molecule has 2 aliphatic rings. The summed E-state index contributed by atoms with van der Waals surface area (Å²) < 4.78 is 49.2. The van der Waals surface area contributed by atoms with Crippen LogP contribution in [-0.2, 0) is 18.6 Å². The predicted octanol–water partition coefficient (Wildman–Crippen LogP) is -0.492. The summed E-state index contributed by atoms with van der Waals surface area (Å²) in [6.07, 6.45) is -3.46. The molecule has 4 aromatic rings. The second kappa shape index (κ2) is 10.0. The molecule has 20 heteroatoms. The van der Waals surface area contributed by atoms with Gasteiger partial charge in [-0.15, -0.1) is 0 Å². The third kappa shape index (κ3) is 4.43. The first-order valence-electron chi connectivity index (χ1n) is 11.9. The Bertz CT molecular complexity index is 1680. The zero-order chi connectivity index (χ0) is 28.3. The van der Waals surface area contributed by atoms with Gasteiger partial charge in [-0.3, -0.25) is 23.5 Å². The van der Waals surface area contributed by atoms with Gasteiger partial charge in [-0.1, -0.05) is 12.2 Å². The zero-order valence-corrected chi connectivity index (χ0v) is 22.2. The first-order valence-corrected chi connectivity index (χ1v) is 14.8. The SMILES string of the molecule is Nc1nc2c(ncn2C2O[C@H](CO)[C@@H](F)[C@H]2[P@](=O)(S)OC[C@H]2O[C@@H](n3cnc4c(N)ncnc43)C[C@@H]2O)c(=O)[nH]1. The van der Waals surface area contributed by atoms with Crippen LogP contribution in [0.2, 0.25) is 0 Å². The summed E-state index contributed by atoms with van der Waals surface area (Å²) in [6, 6.07) is 0. The van der Waals surface area contributed by atoms with Crippen LogP contribution < -0.4 is 17.0 Å². The number of H-pyrrole nitrogens is 1. The van der Waals surface area contributed by atoms with Gasteiger partial charge in [0.15, 0.2) is 28.9 Å². The van der Waals surface area contributed by atoms with Gasteiger partial charge in [0, 0.05) is 6.42 Å². The molecule has 17 nitrogen and oxygen atoms in total. The topological polar surface area (TPSA) is 244 Å². The van der Waals surface area contributed by atoms with Crippen LogP contribution in [0.3, 0.4) is 0 Å². The number of fused-ring (bicyclic) bond motifs is 2. The fourth-order valence-electron chi connectivity index (χ4n) is 4.94. The van der Waals surface area contributed by atoms with Crippen molar-refractivity contribution >= 4 is 52.9 Å². The van der Waals surface area contributed by atoms with Crippen molar-refractivity contribution in [2.75, 3.05) is 24.7 Å². The van der Waals surface area contributed by atoms with Gasteiger partial charge in [0.1, 0.15) is 42.1 Å². The Labute approximate surface area is 228 Å². The molecule has 0 saturated carbocycles. The average molecular weight is 599 g/mol.